The monoisotopic (exact) mass is 308 g/mol. The summed E-state index contributed by atoms with van der Waals surface area (Å²) in [5, 5.41) is 0. The summed E-state index contributed by atoms with van der Waals surface area (Å²) < 4.78 is 0. The lowest BCUT2D eigenvalue weighted by Crippen LogP contribution is -2.25. The van der Waals surface area contributed by atoms with Crippen LogP contribution < -0.4 is 0 Å². The number of thioether (sulfide) groups is 1. The normalized spacial score (nSPS) is 19.0. The summed E-state index contributed by atoms with van der Waals surface area (Å²) in [7, 11) is 0. The van der Waals surface area contributed by atoms with E-state index >= 15 is 0 Å². The Morgan fingerprint density at radius 2 is 1.65 bits per heavy atom. The Bertz CT molecular complexity index is 386. The Balaban J connectivity index is 1.95. The molecule has 0 amide bonds. The van der Waals surface area contributed by atoms with Gasteiger partial charge in [-0.2, -0.15) is 12.6 Å². The standard InChI is InChI=1S/C18H28S2/c1-15(2)16-7-9-17(10-8-16)20-14-18(13-19)11-5-3-4-6-12-18/h7-10,15,19H,3-6,11-14H2,1-2H3. The molecule has 0 unspecified atom stereocenters. The number of hydrogen-bond donors (Lipinski definition) is 1. The van der Waals surface area contributed by atoms with E-state index in [0.717, 1.165) is 5.75 Å². The lowest BCUT2D eigenvalue weighted by molar-refractivity contribution is 0.332. The smallest absolute Gasteiger partial charge is 0.00723 e. The molecule has 0 saturated heterocycles. The molecule has 1 aromatic rings. The van der Waals surface area contributed by atoms with E-state index < -0.39 is 0 Å². The van der Waals surface area contributed by atoms with Gasteiger partial charge in [0, 0.05) is 10.6 Å². The molecule has 1 aliphatic rings. The summed E-state index contributed by atoms with van der Waals surface area (Å²) in [6.07, 6.45) is 8.37. The van der Waals surface area contributed by atoms with Crippen molar-refractivity contribution in [2.45, 2.75) is 63.2 Å². The van der Waals surface area contributed by atoms with Gasteiger partial charge in [-0.3, -0.25) is 0 Å². The number of hydrogen-bond acceptors (Lipinski definition) is 2. The van der Waals surface area contributed by atoms with Crippen molar-refractivity contribution in [3.05, 3.63) is 29.8 Å². The Labute approximate surface area is 134 Å². The van der Waals surface area contributed by atoms with Crippen LogP contribution >= 0.6 is 24.4 Å². The number of rotatable bonds is 5. The molecule has 1 saturated carbocycles. The molecule has 2 rings (SSSR count). The first-order valence-corrected chi connectivity index (χ1v) is 9.61. The van der Waals surface area contributed by atoms with Crippen LogP contribution in [0.25, 0.3) is 0 Å². The zero-order valence-electron chi connectivity index (χ0n) is 12.9. The summed E-state index contributed by atoms with van der Waals surface area (Å²) in [6.45, 7) is 4.51. The van der Waals surface area contributed by atoms with E-state index in [1.54, 1.807) is 0 Å². The van der Waals surface area contributed by atoms with Gasteiger partial charge in [0.2, 0.25) is 0 Å². The summed E-state index contributed by atoms with van der Waals surface area (Å²) in [5.41, 5.74) is 1.91. The average molecular weight is 309 g/mol. The van der Waals surface area contributed by atoms with Crippen LogP contribution in [0.1, 0.15) is 63.9 Å². The van der Waals surface area contributed by atoms with Gasteiger partial charge in [0.15, 0.2) is 0 Å². The summed E-state index contributed by atoms with van der Waals surface area (Å²) in [6, 6.07) is 9.16. The molecular weight excluding hydrogens is 280 g/mol. The zero-order chi connectivity index (χ0) is 14.4. The highest BCUT2D eigenvalue weighted by atomic mass is 32.2. The third kappa shape index (κ3) is 4.46. The van der Waals surface area contributed by atoms with Gasteiger partial charge in [0.25, 0.3) is 0 Å². The molecule has 1 aliphatic carbocycles. The minimum Gasteiger partial charge on any atom is -0.179 e. The van der Waals surface area contributed by atoms with Gasteiger partial charge in [-0.25, -0.2) is 0 Å². The van der Waals surface area contributed by atoms with Crippen molar-refractivity contribution >= 4 is 24.4 Å². The fraction of sp³-hybridized carbons (Fsp3) is 0.667. The van der Waals surface area contributed by atoms with Crippen LogP contribution in [0.3, 0.4) is 0 Å². The zero-order valence-corrected chi connectivity index (χ0v) is 14.6. The van der Waals surface area contributed by atoms with Gasteiger partial charge in [-0.05, 0) is 47.6 Å². The molecule has 0 aliphatic heterocycles. The predicted molar refractivity (Wildman–Crippen MR) is 95.2 cm³/mol. The number of thiol groups is 1. The maximum atomic E-state index is 4.67. The molecule has 2 heteroatoms. The third-order valence-electron chi connectivity index (χ3n) is 4.59. The maximum Gasteiger partial charge on any atom is 0.00723 e. The van der Waals surface area contributed by atoms with Crippen LogP contribution in [-0.4, -0.2) is 11.5 Å². The molecule has 0 aromatic heterocycles. The fourth-order valence-corrected chi connectivity index (χ4v) is 4.78. The van der Waals surface area contributed by atoms with Gasteiger partial charge in [0.05, 0.1) is 0 Å². The van der Waals surface area contributed by atoms with E-state index in [0.29, 0.717) is 11.3 Å². The Kier molecular flexibility index (Phi) is 6.35. The number of benzene rings is 1. The van der Waals surface area contributed by atoms with Crippen molar-refractivity contribution < 1.29 is 0 Å². The SMILES string of the molecule is CC(C)c1ccc(SCC2(CS)CCCCCC2)cc1. The van der Waals surface area contributed by atoms with Gasteiger partial charge < -0.3 is 0 Å². The highest BCUT2D eigenvalue weighted by Crippen LogP contribution is 2.40. The van der Waals surface area contributed by atoms with Gasteiger partial charge in [-0.15, -0.1) is 11.8 Å². The van der Waals surface area contributed by atoms with Crippen LogP contribution in [0.5, 0.6) is 0 Å². The minimum atomic E-state index is 0.473. The van der Waals surface area contributed by atoms with Crippen LogP contribution in [0.4, 0.5) is 0 Å². The highest BCUT2D eigenvalue weighted by Gasteiger charge is 2.29. The second-order valence-corrected chi connectivity index (χ2v) is 7.95. The first kappa shape index (κ1) is 16.3. The molecule has 0 bridgehead atoms. The Hall–Kier alpha value is -0.0800. The molecule has 0 nitrogen and oxygen atoms in total. The Morgan fingerprint density at radius 1 is 1.05 bits per heavy atom. The van der Waals surface area contributed by atoms with E-state index in [-0.39, 0.29) is 0 Å². The van der Waals surface area contributed by atoms with E-state index in [4.69, 9.17) is 0 Å². The molecule has 0 heterocycles. The Morgan fingerprint density at radius 3 is 2.15 bits per heavy atom. The first-order valence-electron chi connectivity index (χ1n) is 7.99. The summed E-state index contributed by atoms with van der Waals surface area (Å²) >= 11 is 6.70. The predicted octanol–water partition coefficient (Wildman–Crippen LogP) is 6.17. The second-order valence-electron chi connectivity index (χ2n) is 6.58. The van der Waals surface area contributed by atoms with Crippen molar-refractivity contribution in [3.8, 4) is 0 Å². The van der Waals surface area contributed by atoms with Crippen molar-refractivity contribution in [3.63, 3.8) is 0 Å². The van der Waals surface area contributed by atoms with Crippen LogP contribution in [0.2, 0.25) is 0 Å². The quantitative estimate of drug-likeness (QED) is 0.385. The molecule has 0 spiro atoms. The topological polar surface area (TPSA) is 0 Å². The lowest BCUT2D eigenvalue weighted by Gasteiger charge is -2.30. The van der Waals surface area contributed by atoms with E-state index in [2.05, 4.69) is 50.7 Å². The second kappa shape index (κ2) is 7.79. The van der Waals surface area contributed by atoms with Crippen molar-refractivity contribution in [1.29, 1.82) is 0 Å². The van der Waals surface area contributed by atoms with E-state index in [1.807, 2.05) is 11.8 Å². The van der Waals surface area contributed by atoms with Crippen molar-refractivity contribution in [1.82, 2.24) is 0 Å². The van der Waals surface area contributed by atoms with E-state index in [1.165, 1.54) is 54.7 Å². The molecule has 20 heavy (non-hydrogen) atoms. The lowest BCUT2D eigenvalue weighted by atomic mass is 9.84. The van der Waals surface area contributed by atoms with Gasteiger partial charge >= 0.3 is 0 Å². The minimum absolute atomic E-state index is 0.473. The fourth-order valence-electron chi connectivity index (χ4n) is 3.01. The summed E-state index contributed by atoms with van der Waals surface area (Å²) in [4.78, 5) is 1.42. The molecule has 1 fully saturated rings. The van der Waals surface area contributed by atoms with Crippen LogP contribution in [0.15, 0.2) is 29.2 Å². The van der Waals surface area contributed by atoms with Crippen molar-refractivity contribution in [2.24, 2.45) is 5.41 Å². The molecule has 112 valence electrons. The van der Waals surface area contributed by atoms with Gasteiger partial charge in [0.1, 0.15) is 0 Å². The summed E-state index contributed by atoms with van der Waals surface area (Å²) in [5.74, 6) is 2.90. The molecule has 0 N–H and O–H groups in total. The van der Waals surface area contributed by atoms with E-state index in [9.17, 15) is 0 Å². The first-order chi connectivity index (χ1) is 9.65. The van der Waals surface area contributed by atoms with Gasteiger partial charge in [-0.1, -0.05) is 51.7 Å². The van der Waals surface area contributed by atoms with Crippen molar-refractivity contribution in [2.75, 3.05) is 11.5 Å². The largest absolute Gasteiger partial charge is 0.179 e. The molecular formula is C18H28S2. The van der Waals surface area contributed by atoms with Crippen LogP contribution in [0, 0.1) is 5.41 Å². The van der Waals surface area contributed by atoms with Crippen LogP contribution in [-0.2, 0) is 0 Å². The molecule has 1 aromatic carbocycles. The maximum absolute atomic E-state index is 4.67. The molecule has 0 radical (unpaired) electrons. The third-order valence-corrected chi connectivity index (χ3v) is 6.62. The molecule has 0 atom stereocenters. The highest BCUT2D eigenvalue weighted by molar-refractivity contribution is 7.99. The average Bonchev–Trinajstić information content (AvgIpc) is 2.72.